The fourth-order valence-electron chi connectivity index (χ4n) is 2.34. The van der Waals surface area contributed by atoms with Crippen molar-refractivity contribution in [2.75, 3.05) is 0 Å². The minimum Gasteiger partial charge on any atom is -0.453 e. The topological polar surface area (TPSA) is 30.2 Å². The zero-order chi connectivity index (χ0) is 15.0. The number of rotatable bonds is 3. The van der Waals surface area contributed by atoms with Crippen LogP contribution in [0.25, 0.3) is 11.0 Å². The smallest absolute Gasteiger partial charge is 0.202 e. The summed E-state index contributed by atoms with van der Waals surface area (Å²) in [7, 11) is 0. The Morgan fingerprint density at radius 1 is 1.05 bits per heavy atom. The third kappa shape index (κ3) is 2.72. The minimum atomic E-state index is -0.337. The maximum Gasteiger partial charge on any atom is 0.202 e. The number of halogens is 1. The highest BCUT2D eigenvalue weighted by Gasteiger charge is 2.13. The Morgan fingerprint density at radius 2 is 1.86 bits per heavy atom. The summed E-state index contributed by atoms with van der Waals surface area (Å²) in [5.41, 5.74) is 3.84. The number of aryl methyl sites for hydroxylation is 2. The maximum atomic E-state index is 13.1. The van der Waals surface area contributed by atoms with Gasteiger partial charge < -0.3 is 4.42 Å². The Labute approximate surface area is 122 Å². The van der Waals surface area contributed by atoms with Gasteiger partial charge in [0.25, 0.3) is 0 Å². The van der Waals surface area contributed by atoms with Gasteiger partial charge in [-0.2, -0.15) is 0 Å². The van der Waals surface area contributed by atoms with Crippen LogP contribution >= 0.6 is 0 Å². The van der Waals surface area contributed by atoms with Crippen LogP contribution in [0, 0.1) is 19.7 Å². The molecule has 0 amide bonds. The molecule has 0 radical (unpaired) electrons. The summed E-state index contributed by atoms with van der Waals surface area (Å²) in [6.07, 6.45) is 0.281. The molecular formula is C18H15FO2. The molecule has 0 aliphatic heterocycles. The van der Waals surface area contributed by atoms with Crippen molar-refractivity contribution in [1.82, 2.24) is 0 Å². The molecule has 3 heteroatoms. The van der Waals surface area contributed by atoms with Gasteiger partial charge in [0.2, 0.25) is 5.78 Å². The summed E-state index contributed by atoms with van der Waals surface area (Å²) in [4.78, 5) is 12.3. The highest BCUT2D eigenvalue weighted by atomic mass is 19.1. The van der Waals surface area contributed by atoms with Gasteiger partial charge in [-0.05, 0) is 54.8 Å². The van der Waals surface area contributed by atoms with Gasteiger partial charge in [-0.15, -0.1) is 0 Å². The summed E-state index contributed by atoms with van der Waals surface area (Å²) >= 11 is 0. The van der Waals surface area contributed by atoms with E-state index in [9.17, 15) is 9.18 Å². The Kier molecular flexibility index (Phi) is 3.34. The van der Waals surface area contributed by atoms with Crippen LogP contribution in [0.2, 0.25) is 0 Å². The third-order valence-corrected chi connectivity index (χ3v) is 3.69. The Balaban J connectivity index is 1.87. The molecule has 0 saturated carbocycles. The van der Waals surface area contributed by atoms with Crippen molar-refractivity contribution in [3.8, 4) is 0 Å². The van der Waals surface area contributed by atoms with Crippen LogP contribution < -0.4 is 0 Å². The number of benzene rings is 2. The van der Waals surface area contributed by atoms with Crippen LogP contribution in [-0.2, 0) is 6.42 Å². The first-order chi connectivity index (χ1) is 10.0. The molecule has 2 nitrogen and oxygen atoms in total. The van der Waals surface area contributed by atoms with Crippen molar-refractivity contribution < 1.29 is 13.6 Å². The van der Waals surface area contributed by atoms with Crippen molar-refractivity contribution in [2.45, 2.75) is 20.3 Å². The quantitative estimate of drug-likeness (QED) is 0.656. The predicted molar refractivity (Wildman–Crippen MR) is 80.1 cm³/mol. The van der Waals surface area contributed by atoms with Gasteiger partial charge in [0.15, 0.2) is 5.76 Å². The molecule has 106 valence electrons. The lowest BCUT2D eigenvalue weighted by Gasteiger charge is -2.03. The van der Waals surface area contributed by atoms with E-state index in [1.54, 1.807) is 6.07 Å². The van der Waals surface area contributed by atoms with E-state index in [1.165, 1.54) is 23.8 Å². The summed E-state index contributed by atoms with van der Waals surface area (Å²) in [5, 5.41) is 0.610. The molecule has 0 fully saturated rings. The molecular weight excluding hydrogens is 267 g/mol. The maximum absolute atomic E-state index is 13.1. The van der Waals surface area contributed by atoms with E-state index >= 15 is 0 Å². The van der Waals surface area contributed by atoms with Crippen LogP contribution in [0.4, 0.5) is 4.39 Å². The molecule has 0 aliphatic rings. The lowest BCUT2D eigenvalue weighted by Crippen LogP contribution is -2.02. The van der Waals surface area contributed by atoms with E-state index in [4.69, 9.17) is 4.42 Å². The first kappa shape index (κ1) is 13.6. The predicted octanol–water partition coefficient (Wildman–Crippen LogP) is 4.61. The van der Waals surface area contributed by atoms with Gasteiger partial charge in [-0.3, -0.25) is 4.79 Å². The average Bonchev–Trinajstić information content (AvgIpc) is 2.86. The van der Waals surface area contributed by atoms with Gasteiger partial charge in [0, 0.05) is 11.8 Å². The number of hydrogen-bond acceptors (Lipinski definition) is 2. The van der Waals surface area contributed by atoms with Crippen molar-refractivity contribution >= 4 is 16.8 Å². The summed E-state index contributed by atoms with van der Waals surface area (Å²) in [5.74, 6) is -0.167. The molecule has 3 aromatic rings. The Hall–Kier alpha value is -2.42. The summed E-state index contributed by atoms with van der Waals surface area (Å²) in [6, 6.07) is 11.8. The first-order valence-corrected chi connectivity index (χ1v) is 6.81. The SMILES string of the molecule is Cc1ccc(CC(=O)c2cc3cc(F)ccc3o2)cc1C. The molecule has 21 heavy (non-hydrogen) atoms. The summed E-state index contributed by atoms with van der Waals surface area (Å²) < 4.78 is 18.6. The van der Waals surface area contributed by atoms with Gasteiger partial charge in [0.05, 0.1) is 0 Å². The first-order valence-electron chi connectivity index (χ1n) is 6.81. The molecule has 0 aliphatic carbocycles. The Bertz CT molecular complexity index is 830. The van der Waals surface area contributed by atoms with Crippen LogP contribution in [-0.4, -0.2) is 5.78 Å². The zero-order valence-corrected chi connectivity index (χ0v) is 11.9. The lowest BCUT2D eigenvalue weighted by molar-refractivity contribution is 0.0968. The van der Waals surface area contributed by atoms with Gasteiger partial charge >= 0.3 is 0 Å². The third-order valence-electron chi connectivity index (χ3n) is 3.69. The Morgan fingerprint density at radius 3 is 2.62 bits per heavy atom. The van der Waals surface area contributed by atoms with Crippen LogP contribution in [0.1, 0.15) is 27.2 Å². The average molecular weight is 282 g/mol. The molecule has 3 rings (SSSR count). The number of ketones is 1. The second kappa shape index (κ2) is 5.17. The molecule has 1 aromatic heterocycles. The van der Waals surface area contributed by atoms with Crippen LogP contribution in [0.15, 0.2) is 46.9 Å². The fourth-order valence-corrected chi connectivity index (χ4v) is 2.34. The second-order valence-corrected chi connectivity index (χ2v) is 5.31. The van der Waals surface area contributed by atoms with Crippen molar-refractivity contribution in [3.05, 3.63) is 70.7 Å². The number of carbonyl (C=O) groups excluding carboxylic acids is 1. The van der Waals surface area contributed by atoms with E-state index in [2.05, 4.69) is 0 Å². The summed E-state index contributed by atoms with van der Waals surface area (Å²) in [6.45, 7) is 4.06. The monoisotopic (exact) mass is 282 g/mol. The van der Waals surface area contributed by atoms with Crippen molar-refractivity contribution in [2.24, 2.45) is 0 Å². The van der Waals surface area contributed by atoms with Gasteiger partial charge in [0.1, 0.15) is 11.4 Å². The van der Waals surface area contributed by atoms with E-state index in [0.717, 1.165) is 11.1 Å². The highest BCUT2D eigenvalue weighted by Crippen LogP contribution is 2.22. The lowest BCUT2D eigenvalue weighted by atomic mass is 10.0. The normalized spacial score (nSPS) is 11.0. The van der Waals surface area contributed by atoms with Crippen molar-refractivity contribution in [1.29, 1.82) is 0 Å². The van der Waals surface area contributed by atoms with E-state index in [-0.39, 0.29) is 23.8 Å². The molecule has 0 spiro atoms. The fraction of sp³-hybridized carbons (Fsp3) is 0.167. The molecule has 0 atom stereocenters. The minimum absolute atomic E-state index is 0.102. The molecule has 2 aromatic carbocycles. The van der Waals surface area contributed by atoms with Crippen LogP contribution in [0.5, 0.6) is 0 Å². The molecule has 0 bridgehead atoms. The number of fused-ring (bicyclic) bond motifs is 1. The molecule has 0 saturated heterocycles. The van der Waals surface area contributed by atoms with E-state index in [0.29, 0.717) is 11.0 Å². The van der Waals surface area contributed by atoms with E-state index < -0.39 is 0 Å². The van der Waals surface area contributed by atoms with E-state index in [1.807, 2.05) is 32.0 Å². The number of hydrogen-bond donors (Lipinski definition) is 0. The van der Waals surface area contributed by atoms with Gasteiger partial charge in [-0.1, -0.05) is 18.2 Å². The van der Waals surface area contributed by atoms with Gasteiger partial charge in [-0.25, -0.2) is 4.39 Å². The number of carbonyl (C=O) groups is 1. The standard InChI is InChI=1S/C18H15FO2/c1-11-3-4-13(7-12(11)2)8-16(20)18-10-14-9-15(19)5-6-17(14)21-18/h3-7,9-10H,8H2,1-2H3. The zero-order valence-electron chi connectivity index (χ0n) is 11.9. The highest BCUT2D eigenvalue weighted by molar-refractivity contribution is 5.98. The largest absolute Gasteiger partial charge is 0.453 e. The van der Waals surface area contributed by atoms with Crippen molar-refractivity contribution in [3.63, 3.8) is 0 Å². The molecule has 0 N–H and O–H groups in total. The second-order valence-electron chi connectivity index (χ2n) is 5.31. The van der Waals surface area contributed by atoms with Crippen LogP contribution in [0.3, 0.4) is 0 Å². The number of furan rings is 1. The molecule has 1 heterocycles. The molecule has 0 unspecified atom stereocenters. The number of Topliss-reactive ketones (excluding diaryl/α,β-unsaturated/α-hetero) is 1.